The van der Waals surface area contributed by atoms with E-state index in [2.05, 4.69) is 31.6 Å². The average Bonchev–Trinajstić information content (AvgIpc) is 2.77. The van der Waals surface area contributed by atoms with Crippen LogP contribution < -0.4 is 10.6 Å². The number of nitrogens with zero attached hydrogens (tertiary/aromatic N) is 5. The third-order valence-corrected chi connectivity index (χ3v) is 4.57. The first-order valence-electron chi connectivity index (χ1n) is 9.80. The van der Waals surface area contributed by atoms with Crippen molar-refractivity contribution in [3.63, 3.8) is 0 Å². The first-order valence-corrected chi connectivity index (χ1v) is 9.80. The molecule has 1 fully saturated rings. The molecule has 1 saturated heterocycles. The first-order chi connectivity index (χ1) is 14.1. The summed E-state index contributed by atoms with van der Waals surface area (Å²) in [5, 5.41) is 18.3. The summed E-state index contributed by atoms with van der Waals surface area (Å²) in [5.74, 6) is 0.561. The molecule has 3 rings (SSSR count). The molecule has 29 heavy (non-hydrogen) atoms. The fourth-order valence-electron chi connectivity index (χ4n) is 3.13. The van der Waals surface area contributed by atoms with Gasteiger partial charge >= 0.3 is 0 Å². The Morgan fingerprint density at radius 3 is 2.48 bits per heavy atom. The maximum Gasteiger partial charge on any atom is 0.169 e. The van der Waals surface area contributed by atoms with Crippen LogP contribution >= 0.6 is 0 Å². The Morgan fingerprint density at radius 2 is 1.86 bits per heavy atom. The molecule has 7 heteroatoms. The minimum atomic E-state index is 0.172. The molecule has 0 amide bonds. The van der Waals surface area contributed by atoms with Crippen LogP contribution in [0, 0.1) is 0 Å². The second-order valence-electron chi connectivity index (χ2n) is 6.19. The highest BCUT2D eigenvalue weighted by Crippen LogP contribution is 2.31. The van der Waals surface area contributed by atoms with Gasteiger partial charge < -0.3 is 20.6 Å². The largest absolute Gasteiger partial charge is 0.507 e. The van der Waals surface area contributed by atoms with Gasteiger partial charge in [-0.15, -0.1) is 10.2 Å². The van der Waals surface area contributed by atoms with Crippen molar-refractivity contribution in [3.8, 4) is 17.0 Å². The first kappa shape index (κ1) is 21.9. The molecule has 3 N–H and O–H groups in total. The summed E-state index contributed by atoms with van der Waals surface area (Å²) in [5.41, 5.74) is 9.22. The van der Waals surface area contributed by atoms with Gasteiger partial charge in [0.2, 0.25) is 0 Å². The number of nitrogens with two attached hydrogens (primary N) is 1. The lowest BCUT2D eigenvalue weighted by atomic mass is 10.1. The van der Waals surface area contributed by atoms with Crippen LogP contribution in [0.3, 0.4) is 0 Å². The molecule has 2 heterocycles. The van der Waals surface area contributed by atoms with Crippen molar-refractivity contribution in [2.24, 2.45) is 4.99 Å². The van der Waals surface area contributed by atoms with Crippen LogP contribution in [0.5, 0.6) is 5.75 Å². The monoisotopic (exact) mass is 394 g/mol. The predicted octanol–water partition coefficient (Wildman–Crippen LogP) is 3.35. The Labute approximate surface area is 172 Å². The van der Waals surface area contributed by atoms with E-state index >= 15 is 0 Å². The van der Waals surface area contributed by atoms with Crippen molar-refractivity contribution < 1.29 is 5.11 Å². The van der Waals surface area contributed by atoms with Crippen LogP contribution in [0.15, 0.2) is 59.8 Å². The molecule has 1 aromatic heterocycles. The zero-order valence-electron chi connectivity index (χ0n) is 17.4. The van der Waals surface area contributed by atoms with Gasteiger partial charge in [-0.3, -0.25) is 4.99 Å². The van der Waals surface area contributed by atoms with Crippen molar-refractivity contribution in [1.29, 1.82) is 0 Å². The van der Waals surface area contributed by atoms with E-state index in [0.29, 0.717) is 17.1 Å². The van der Waals surface area contributed by atoms with Crippen LogP contribution in [0.4, 0.5) is 11.5 Å². The van der Waals surface area contributed by atoms with E-state index in [-0.39, 0.29) is 5.75 Å². The predicted molar refractivity (Wildman–Crippen MR) is 121 cm³/mol. The molecule has 0 spiro atoms. The molecular weight excluding hydrogens is 364 g/mol. The molecule has 154 valence electrons. The minimum Gasteiger partial charge on any atom is -0.507 e. The fraction of sp³-hybridized carbons (Fsp3) is 0.318. The molecule has 0 aliphatic carbocycles. The molecule has 1 aliphatic heterocycles. The van der Waals surface area contributed by atoms with Gasteiger partial charge in [-0.1, -0.05) is 32.6 Å². The summed E-state index contributed by atoms with van der Waals surface area (Å²) in [7, 11) is 1.75. The Kier molecular flexibility index (Phi) is 8.21. The molecule has 1 aromatic carbocycles. The van der Waals surface area contributed by atoms with E-state index in [1.54, 1.807) is 25.4 Å². The average molecular weight is 395 g/mol. The number of hydrogen-bond acceptors (Lipinski definition) is 7. The molecule has 0 saturated carbocycles. The maximum absolute atomic E-state index is 10.1. The summed E-state index contributed by atoms with van der Waals surface area (Å²) < 4.78 is 0. The standard InChI is InChI=1S/C20H24N6O.C2H6/c1-3-15(8-9-22-2)25-10-12-26(13-11-25)18-14-17(23-24-20(18)21)16-6-4-5-7-19(16)27;1-2/h3-9,14,27H,1,10-13H2,2H3,(H2,21,24);1-2H3/b15-8+,22-9?;. The van der Waals surface area contributed by atoms with E-state index in [9.17, 15) is 5.11 Å². The number of nitrogen functional groups attached to an aromatic ring is 1. The third-order valence-electron chi connectivity index (χ3n) is 4.57. The second-order valence-corrected chi connectivity index (χ2v) is 6.19. The van der Waals surface area contributed by atoms with E-state index in [1.165, 1.54) is 0 Å². The lowest BCUT2D eigenvalue weighted by molar-refractivity contribution is 0.331. The van der Waals surface area contributed by atoms with Crippen molar-refractivity contribution in [2.75, 3.05) is 43.9 Å². The molecule has 0 bridgehead atoms. The number of anilines is 2. The number of benzene rings is 1. The maximum atomic E-state index is 10.1. The highest BCUT2D eigenvalue weighted by Gasteiger charge is 2.21. The van der Waals surface area contributed by atoms with Crippen LogP contribution in [-0.2, 0) is 0 Å². The zero-order valence-corrected chi connectivity index (χ0v) is 17.4. The van der Waals surface area contributed by atoms with Crippen LogP contribution in [0.1, 0.15) is 13.8 Å². The van der Waals surface area contributed by atoms with Gasteiger partial charge in [0.1, 0.15) is 5.75 Å². The lowest BCUT2D eigenvalue weighted by Crippen LogP contribution is -2.46. The summed E-state index contributed by atoms with van der Waals surface area (Å²) in [4.78, 5) is 8.46. The highest BCUT2D eigenvalue weighted by molar-refractivity contribution is 5.74. The van der Waals surface area contributed by atoms with E-state index in [4.69, 9.17) is 5.73 Å². The van der Waals surface area contributed by atoms with E-state index in [0.717, 1.165) is 37.6 Å². The number of rotatable bonds is 5. The smallest absolute Gasteiger partial charge is 0.169 e. The van der Waals surface area contributed by atoms with Gasteiger partial charge in [0.25, 0.3) is 0 Å². The molecule has 0 unspecified atom stereocenters. The Hall–Kier alpha value is -3.35. The number of phenolic OH excluding ortho intramolecular Hbond substituents is 1. The number of piperazine rings is 1. The SMILES string of the molecule is C=C/C(=C\C=NC)N1CCN(c2cc(-c3ccccc3O)nnc2N)CC1.CC. The van der Waals surface area contributed by atoms with Crippen LogP contribution in [0.25, 0.3) is 11.3 Å². The summed E-state index contributed by atoms with van der Waals surface area (Å²) in [6.07, 6.45) is 5.57. The van der Waals surface area contributed by atoms with Gasteiger partial charge in [0.15, 0.2) is 5.82 Å². The number of hydrogen-bond donors (Lipinski definition) is 2. The molecule has 1 aliphatic rings. The number of para-hydroxylation sites is 1. The lowest BCUT2D eigenvalue weighted by Gasteiger charge is -2.38. The molecule has 0 atom stereocenters. The van der Waals surface area contributed by atoms with Crippen LogP contribution in [0.2, 0.25) is 0 Å². The van der Waals surface area contributed by atoms with E-state index < -0.39 is 0 Å². The Balaban J connectivity index is 0.00000145. The number of aromatic hydroxyl groups is 1. The minimum absolute atomic E-state index is 0.172. The summed E-state index contributed by atoms with van der Waals surface area (Å²) in [6, 6.07) is 8.97. The Morgan fingerprint density at radius 1 is 1.17 bits per heavy atom. The van der Waals surface area contributed by atoms with E-state index in [1.807, 2.05) is 44.2 Å². The van der Waals surface area contributed by atoms with Gasteiger partial charge in [-0.2, -0.15) is 0 Å². The van der Waals surface area contributed by atoms with Gasteiger partial charge in [0, 0.05) is 50.7 Å². The highest BCUT2D eigenvalue weighted by atomic mass is 16.3. The number of aliphatic imine (C=N–C) groups is 1. The van der Waals surface area contributed by atoms with Gasteiger partial charge in [-0.05, 0) is 30.4 Å². The van der Waals surface area contributed by atoms with Gasteiger partial charge in [-0.25, -0.2) is 0 Å². The third kappa shape index (κ3) is 5.34. The summed E-state index contributed by atoms with van der Waals surface area (Å²) >= 11 is 0. The van der Waals surface area contributed by atoms with Crippen molar-refractivity contribution in [2.45, 2.75) is 13.8 Å². The van der Waals surface area contributed by atoms with Crippen LogP contribution in [-0.4, -0.2) is 59.6 Å². The number of phenols is 1. The quantitative estimate of drug-likeness (QED) is 0.597. The number of allylic oxidation sites excluding steroid dienone is 2. The van der Waals surface area contributed by atoms with Gasteiger partial charge in [0.05, 0.1) is 11.4 Å². The molecule has 2 aromatic rings. The molecular formula is C22H30N6O. The van der Waals surface area contributed by atoms with Crippen molar-refractivity contribution >= 4 is 17.7 Å². The van der Waals surface area contributed by atoms with Crippen molar-refractivity contribution in [3.05, 3.63) is 54.8 Å². The van der Waals surface area contributed by atoms with Crippen molar-refractivity contribution in [1.82, 2.24) is 15.1 Å². The normalized spacial score (nSPS) is 14.5. The molecule has 0 radical (unpaired) electrons. The zero-order chi connectivity index (χ0) is 21.2. The Bertz CT molecular complexity index is 869. The second kappa shape index (κ2) is 10.8. The summed E-state index contributed by atoms with van der Waals surface area (Å²) in [6.45, 7) is 11.2. The molecule has 7 nitrogen and oxygen atoms in total. The number of aromatic nitrogens is 2. The fourth-order valence-corrected chi connectivity index (χ4v) is 3.13. The topological polar surface area (TPSA) is 90.9 Å².